The number of aromatic carboxylic acids is 1. The summed E-state index contributed by atoms with van der Waals surface area (Å²) in [4.78, 5) is 23.6. The van der Waals surface area contributed by atoms with E-state index in [1.54, 1.807) is 24.3 Å². The van der Waals surface area contributed by atoms with Crippen LogP contribution in [0.15, 0.2) is 115 Å². The number of aryl methyl sites for hydroxylation is 2. The van der Waals surface area contributed by atoms with Crippen LogP contribution in [-0.4, -0.2) is 49.1 Å². The van der Waals surface area contributed by atoms with Gasteiger partial charge >= 0.3 is 11.9 Å². The number of hydrogen-bond donors (Lipinski definition) is 1. The molecule has 1 atom stereocenters. The number of carbonyl (C=O) groups is 2. The Balaban J connectivity index is 0.000000169. The van der Waals surface area contributed by atoms with E-state index < -0.39 is 5.97 Å². The van der Waals surface area contributed by atoms with Crippen LogP contribution >= 0.6 is 23.2 Å². The highest BCUT2D eigenvalue weighted by molar-refractivity contribution is 6.31. The highest BCUT2D eigenvalue weighted by Gasteiger charge is 2.22. The lowest BCUT2D eigenvalue weighted by atomic mass is 9.93. The highest BCUT2D eigenvalue weighted by atomic mass is 35.5. The molecule has 8 rings (SSSR count). The normalized spacial score (nSPS) is 12.9. The van der Waals surface area contributed by atoms with Crippen LogP contribution in [0.1, 0.15) is 77.1 Å². The van der Waals surface area contributed by atoms with Crippen LogP contribution < -0.4 is 0 Å². The number of allylic oxidation sites excluding steroid dienone is 1. The van der Waals surface area contributed by atoms with Crippen LogP contribution in [0.5, 0.6) is 0 Å². The van der Waals surface area contributed by atoms with Gasteiger partial charge in [0.2, 0.25) is 0 Å². The summed E-state index contributed by atoms with van der Waals surface area (Å²) in [5.74, 6) is -0.471. The van der Waals surface area contributed by atoms with Crippen molar-refractivity contribution in [1.82, 2.24) is 25.0 Å². The van der Waals surface area contributed by atoms with E-state index in [4.69, 9.17) is 27.9 Å². The molecule has 1 N–H and O–H groups in total. The molecule has 0 saturated heterocycles. The van der Waals surface area contributed by atoms with E-state index in [-0.39, 0.29) is 17.5 Å². The maximum atomic E-state index is 12.1. The summed E-state index contributed by atoms with van der Waals surface area (Å²) in [5.41, 5.74) is 10.6. The number of carbonyl (C=O) groups excluding carboxylic acids is 1. The second-order valence-electron chi connectivity index (χ2n) is 13.3. The third-order valence-corrected chi connectivity index (χ3v) is 9.92. The number of methoxy groups -OCH3 is 1. The van der Waals surface area contributed by atoms with Crippen molar-refractivity contribution < 1.29 is 19.4 Å². The summed E-state index contributed by atoms with van der Waals surface area (Å²) in [5, 5.41) is 28.3. The number of nitrogens with zero attached hydrogens (tertiary/aromatic N) is 5. The van der Waals surface area contributed by atoms with E-state index in [1.807, 2.05) is 73.1 Å². The van der Waals surface area contributed by atoms with Crippen LogP contribution in [0, 0.1) is 13.8 Å². The lowest BCUT2D eigenvalue weighted by molar-refractivity contribution is 0.0598. The van der Waals surface area contributed by atoms with Gasteiger partial charge in [0.1, 0.15) is 0 Å². The average molecular weight is 769 g/mol. The van der Waals surface area contributed by atoms with Gasteiger partial charge in [0.25, 0.3) is 0 Å². The third kappa shape index (κ3) is 8.33. The van der Waals surface area contributed by atoms with Crippen LogP contribution in [-0.2, 0) is 17.6 Å². The molecule has 0 spiro atoms. The fourth-order valence-corrected chi connectivity index (χ4v) is 7.01. The summed E-state index contributed by atoms with van der Waals surface area (Å²) in [6.45, 7) is 3.83. The summed E-state index contributed by atoms with van der Waals surface area (Å²) in [7, 11) is 1.38. The lowest BCUT2D eigenvalue weighted by Crippen LogP contribution is -2.06. The maximum Gasteiger partial charge on any atom is 0.338 e. The monoisotopic (exact) mass is 767 g/mol. The Morgan fingerprint density at radius 2 is 1.38 bits per heavy atom. The predicted molar refractivity (Wildman–Crippen MR) is 215 cm³/mol. The summed E-state index contributed by atoms with van der Waals surface area (Å²) < 4.78 is 6.88. The van der Waals surface area contributed by atoms with Crippen molar-refractivity contribution in [3.63, 3.8) is 0 Å². The molecule has 1 aliphatic rings. The number of ether oxygens (including phenoxy) is 1. The first-order valence-corrected chi connectivity index (χ1v) is 18.2. The number of carboxylic acid groups (broad SMARTS) is 1. The fraction of sp³-hybridized carbons (Fsp3) is 0.136. The maximum absolute atomic E-state index is 12.1. The van der Waals surface area contributed by atoms with Gasteiger partial charge in [-0.1, -0.05) is 71.8 Å². The van der Waals surface area contributed by atoms with E-state index in [2.05, 4.69) is 56.8 Å². The van der Waals surface area contributed by atoms with Gasteiger partial charge in [-0.25, -0.2) is 9.59 Å². The van der Waals surface area contributed by atoms with Crippen molar-refractivity contribution in [2.45, 2.75) is 32.6 Å². The largest absolute Gasteiger partial charge is 0.478 e. The van der Waals surface area contributed by atoms with Crippen molar-refractivity contribution in [3.05, 3.63) is 187 Å². The van der Waals surface area contributed by atoms with E-state index in [0.717, 1.165) is 56.1 Å². The second kappa shape index (κ2) is 16.1. The van der Waals surface area contributed by atoms with Crippen molar-refractivity contribution in [2.24, 2.45) is 0 Å². The Morgan fingerprint density at radius 3 is 2.04 bits per heavy atom. The van der Waals surface area contributed by atoms with Gasteiger partial charge in [0, 0.05) is 27.5 Å². The smallest absolute Gasteiger partial charge is 0.338 e. The molecule has 4 aromatic carbocycles. The summed E-state index contributed by atoms with van der Waals surface area (Å²) >= 11 is 12.0. The van der Waals surface area contributed by atoms with Crippen molar-refractivity contribution >= 4 is 52.1 Å². The van der Waals surface area contributed by atoms with Crippen molar-refractivity contribution in [3.8, 4) is 5.82 Å². The van der Waals surface area contributed by atoms with Crippen LogP contribution in [0.4, 0.5) is 0 Å². The minimum absolute atomic E-state index is 0.123. The van der Waals surface area contributed by atoms with Gasteiger partial charge in [-0.3, -0.25) is 4.57 Å². The van der Waals surface area contributed by atoms with Gasteiger partial charge in [0.15, 0.2) is 5.82 Å². The number of hydrogen-bond acceptors (Lipinski definition) is 7. The molecule has 9 nitrogen and oxygen atoms in total. The second-order valence-corrected chi connectivity index (χ2v) is 14.1. The number of rotatable bonds is 8. The average Bonchev–Trinajstić information content (AvgIpc) is 3.81. The first-order valence-electron chi connectivity index (χ1n) is 17.5. The molecule has 0 aliphatic heterocycles. The third-order valence-electron chi connectivity index (χ3n) is 9.45. The molecule has 0 amide bonds. The first-order chi connectivity index (χ1) is 26.6. The van der Waals surface area contributed by atoms with Crippen molar-refractivity contribution in [1.29, 1.82) is 0 Å². The quantitative estimate of drug-likeness (QED) is 0.152. The van der Waals surface area contributed by atoms with Gasteiger partial charge in [-0.15, -0.1) is 5.10 Å². The van der Waals surface area contributed by atoms with Crippen molar-refractivity contribution in [2.75, 3.05) is 7.11 Å². The van der Waals surface area contributed by atoms with Crippen LogP contribution in [0.2, 0.25) is 10.0 Å². The zero-order valence-electron chi connectivity index (χ0n) is 30.2. The molecule has 0 radical (unpaired) electrons. The van der Waals surface area contributed by atoms with Gasteiger partial charge in [0.05, 0.1) is 40.8 Å². The molecule has 55 heavy (non-hydrogen) atoms. The Labute approximate surface area is 327 Å². The van der Waals surface area contributed by atoms with Gasteiger partial charge in [-0.2, -0.15) is 15.3 Å². The minimum atomic E-state index is -0.974. The standard InChI is InChI=1S/C23H19ClN2O2.C21H16ClN3O2/c1-14-3-10-22(26-25-14)20-9-6-16-11-15(4-8-19(16)20)12-17-5-7-18(24)13-21(17)23(27)28-2;1-13-2-7-20(24-23-13)25-9-8-16-11-14(3-6-19(16)25)10-15-4-5-17(22)12-18(15)21(26)27/h3-11,13,20H,12H2,1-2H3;2-9,11-12H,10H2,1H3,(H,26,27). The Hall–Kier alpha value is -6.16. The summed E-state index contributed by atoms with van der Waals surface area (Å²) in [6.07, 6.45) is 7.37. The van der Waals surface area contributed by atoms with Crippen LogP contribution in [0.3, 0.4) is 0 Å². The molecule has 7 aromatic rings. The van der Waals surface area contributed by atoms with E-state index in [1.165, 1.54) is 24.3 Å². The number of halogens is 2. The van der Waals surface area contributed by atoms with E-state index in [0.29, 0.717) is 28.5 Å². The molecule has 0 saturated carbocycles. The molecule has 274 valence electrons. The number of esters is 1. The minimum Gasteiger partial charge on any atom is -0.478 e. The molecule has 11 heteroatoms. The Morgan fingerprint density at radius 1 is 0.727 bits per heavy atom. The number of fused-ring (bicyclic) bond motifs is 2. The molecule has 3 aromatic heterocycles. The number of aromatic nitrogens is 5. The SMILES string of the molecule is COC(=O)c1cc(Cl)ccc1Cc1ccc2c(c1)C=CC2c1ccc(C)nn1.Cc1ccc(-n2ccc3cc(Cc4ccc(Cl)cc4C(=O)O)ccc32)nn1. The Kier molecular flexibility index (Phi) is 10.9. The molecule has 0 bridgehead atoms. The molecule has 1 unspecified atom stereocenters. The zero-order valence-corrected chi connectivity index (χ0v) is 31.7. The van der Waals surface area contributed by atoms with E-state index >= 15 is 0 Å². The molecular formula is C44H35Cl2N5O4. The molecule has 0 fully saturated rings. The zero-order chi connectivity index (χ0) is 38.6. The number of carboxylic acids is 1. The van der Waals surface area contributed by atoms with Crippen LogP contribution in [0.25, 0.3) is 22.8 Å². The Bertz CT molecular complexity index is 2580. The highest BCUT2D eigenvalue weighted by Crippen LogP contribution is 2.35. The molecular weight excluding hydrogens is 733 g/mol. The topological polar surface area (TPSA) is 120 Å². The molecule has 3 heterocycles. The van der Waals surface area contributed by atoms with E-state index in [9.17, 15) is 14.7 Å². The van der Waals surface area contributed by atoms with Gasteiger partial charge in [-0.05, 0) is 127 Å². The lowest BCUT2D eigenvalue weighted by Gasteiger charge is -2.12. The first kappa shape index (κ1) is 37.2. The molecule has 1 aliphatic carbocycles. The fourth-order valence-electron chi connectivity index (χ4n) is 6.67. The summed E-state index contributed by atoms with van der Waals surface area (Å²) in [6, 6.07) is 32.6. The van der Waals surface area contributed by atoms with Gasteiger partial charge < -0.3 is 9.84 Å². The number of benzene rings is 4. The predicted octanol–water partition coefficient (Wildman–Crippen LogP) is 9.65.